The van der Waals surface area contributed by atoms with Crippen molar-refractivity contribution in [2.24, 2.45) is 0 Å². The van der Waals surface area contributed by atoms with Gasteiger partial charge in [0.25, 0.3) is 0 Å². The quantitative estimate of drug-likeness (QED) is 0.261. The Morgan fingerprint density at radius 1 is 0.930 bits per heavy atom. The zero-order valence-electron chi connectivity index (χ0n) is 25.5. The molecule has 3 heterocycles. The molecule has 5 aliphatic rings. The van der Waals surface area contributed by atoms with Gasteiger partial charge in [-0.05, 0) is 41.2 Å². The molecule has 6 unspecified atom stereocenters. The number of carbonyl (C=O) groups is 5. The predicted molar refractivity (Wildman–Crippen MR) is 150 cm³/mol. The van der Waals surface area contributed by atoms with Gasteiger partial charge in [-0.3, -0.25) is 29.0 Å². The second-order valence-electron chi connectivity index (χ2n) is 11.3. The van der Waals surface area contributed by atoms with Crippen molar-refractivity contribution in [1.82, 2.24) is 9.80 Å². The van der Waals surface area contributed by atoms with Crippen molar-refractivity contribution in [3.8, 4) is 0 Å². The maximum absolute atomic E-state index is 14.0. The molecule has 12 heteroatoms. The van der Waals surface area contributed by atoms with Gasteiger partial charge in [-0.2, -0.15) is 0 Å². The van der Waals surface area contributed by atoms with E-state index < -0.39 is 65.6 Å². The van der Waals surface area contributed by atoms with Crippen molar-refractivity contribution in [1.29, 1.82) is 0 Å². The van der Waals surface area contributed by atoms with Crippen molar-refractivity contribution < 1.29 is 48.0 Å². The summed E-state index contributed by atoms with van der Waals surface area (Å²) in [6, 6.07) is -3.50. The van der Waals surface area contributed by atoms with Crippen molar-refractivity contribution in [3.63, 3.8) is 0 Å². The highest BCUT2D eigenvalue weighted by Crippen LogP contribution is 2.49. The Morgan fingerprint density at radius 2 is 1.51 bits per heavy atom. The summed E-state index contributed by atoms with van der Waals surface area (Å²) in [4.78, 5) is 71.3. The van der Waals surface area contributed by atoms with Crippen molar-refractivity contribution in [2.45, 2.75) is 70.6 Å². The van der Waals surface area contributed by atoms with Gasteiger partial charge in [0.1, 0.15) is 18.9 Å². The van der Waals surface area contributed by atoms with Crippen molar-refractivity contribution in [3.05, 3.63) is 56.6 Å². The molecule has 2 aliphatic carbocycles. The number of likely N-dealkylation sites (N-methyl/N-ethyl adjacent to an activating group) is 1. The summed E-state index contributed by atoms with van der Waals surface area (Å²) in [6.07, 6.45) is -0.808. The van der Waals surface area contributed by atoms with Crippen LogP contribution in [0.25, 0.3) is 0 Å². The molecule has 3 aliphatic heterocycles. The lowest BCUT2D eigenvalue weighted by Crippen LogP contribution is -2.77. The summed E-state index contributed by atoms with van der Waals surface area (Å²) in [7, 11) is 5.73. The van der Waals surface area contributed by atoms with Gasteiger partial charge in [-0.1, -0.05) is 6.08 Å². The molecule has 0 radical (unpaired) electrons. The first kappa shape index (κ1) is 30.7. The van der Waals surface area contributed by atoms with Gasteiger partial charge < -0.3 is 24.1 Å². The summed E-state index contributed by atoms with van der Waals surface area (Å²) in [5.74, 6) is -2.69. The zero-order chi connectivity index (χ0) is 31.7. The van der Waals surface area contributed by atoms with Gasteiger partial charge in [0.05, 0.1) is 32.3 Å². The number of methoxy groups -OCH3 is 3. The van der Waals surface area contributed by atoms with E-state index in [9.17, 15) is 29.1 Å². The number of hydrogen-bond acceptors (Lipinski definition) is 12. The topological polar surface area (TPSA) is 149 Å². The molecule has 1 fully saturated rings. The molecule has 6 atom stereocenters. The summed E-state index contributed by atoms with van der Waals surface area (Å²) in [5, 5.41) is 12.0. The third-order valence-electron chi connectivity index (χ3n) is 9.45. The second-order valence-corrected chi connectivity index (χ2v) is 11.3. The van der Waals surface area contributed by atoms with Gasteiger partial charge in [-0.25, -0.2) is 4.79 Å². The van der Waals surface area contributed by atoms with Crippen LogP contribution in [0.4, 0.5) is 0 Å². The molecule has 0 aromatic carbocycles. The number of carbonyl (C=O) groups excluding carboxylic acids is 5. The van der Waals surface area contributed by atoms with Crippen LogP contribution in [0.5, 0.6) is 0 Å². The Hall–Kier alpha value is -3.71. The smallest absolute Gasteiger partial charge is 0.333 e. The van der Waals surface area contributed by atoms with E-state index in [1.807, 2.05) is 0 Å². The van der Waals surface area contributed by atoms with E-state index >= 15 is 0 Å². The molecule has 1 saturated heterocycles. The molecule has 0 spiro atoms. The minimum absolute atomic E-state index is 0.0216. The first-order valence-corrected chi connectivity index (χ1v) is 14.0. The second kappa shape index (κ2) is 11.1. The van der Waals surface area contributed by atoms with E-state index in [4.69, 9.17) is 18.9 Å². The molecule has 230 valence electrons. The Kier molecular flexibility index (Phi) is 7.93. The lowest BCUT2D eigenvalue weighted by Gasteiger charge is -2.61. The fraction of sp³-hybridized carbons (Fsp3) is 0.516. The van der Waals surface area contributed by atoms with E-state index in [0.29, 0.717) is 5.57 Å². The molecule has 5 rings (SSSR count). The standard InChI is InChI=1S/C31H36N2O10/c1-9-12(2)31(39)43-11-17-18-15(23(34)13(3)27(40-6)25(18)36)10-16-21-19-20(24(35)14(4)28(41-7)26(19)37)29(42-8)22(32(21)5)30(38)33(16)17/h9,16-17,21-22,29-30,38H,10-11H2,1-8H3/b12-9-. The van der Waals surface area contributed by atoms with Crippen LogP contribution in [0.3, 0.4) is 0 Å². The van der Waals surface area contributed by atoms with Gasteiger partial charge in [0, 0.05) is 52.2 Å². The molecule has 0 saturated carbocycles. The SMILES string of the molecule is C/C=C(/C)C(=O)OCC1C2=C(CC3C4C5=C(C(=O)C(C)=C(OC)C5=O)C(OC)C(C(O)N13)N4C)C(=O)C(C)=C(OC)C2=O. The van der Waals surface area contributed by atoms with Gasteiger partial charge in [0.15, 0.2) is 23.1 Å². The van der Waals surface area contributed by atoms with E-state index in [0.717, 1.165) is 0 Å². The highest BCUT2D eigenvalue weighted by Gasteiger charge is 2.62. The lowest BCUT2D eigenvalue weighted by molar-refractivity contribution is -0.190. The number of fused-ring (bicyclic) bond motifs is 5. The fourth-order valence-electron chi connectivity index (χ4n) is 7.29. The molecule has 0 amide bonds. The number of allylic oxidation sites excluding steroid dienone is 5. The van der Waals surface area contributed by atoms with E-state index in [1.54, 1.807) is 36.8 Å². The lowest BCUT2D eigenvalue weighted by atomic mass is 9.68. The minimum atomic E-state index is -1.36. The highest BCUT2D eigenvalue weighted by molar-refractivity contribution is 6.26. The average molecular weight is 597 g/mol. The third-order valence-corrected chi connectivity index (χ3v) is 9.45. The Balaban J connectivity index is 1.72. The number of aliphatic hydroxyl groups excluding tert-OH is 1. The maximum Gasteiger partial charge on any atom is 0.333 e. The molecule has 2 bridgehead atoms. The van der Waals surface area contributed by atoms with Crippen LogP contribution in [0.15, 0.2) is 56.6 Å². The summed E-state index contributed by atoms with van der Waals surface area (Å²) < 4.78 is 22.1. The Bertz CT molecular complexity index is 1510. The average Bonchev–Trinajstić information content (AvgIpc) is 2.99. The molecule has 12 nitrogen and oxygen atoms in total. The van der Waals surface area contributed by atoms with Crippen LogP contribution in [-0.4, -0.2) is 115 Å². The van der Waals surface area contributed by atoms with E-state index in [2.05, 4.69) is 0 Å². The molecule has 1 N–H and O–H groups in total. The summed E-state index contributed by atoms with van der Waals surface area (Å²) in [6.45, 7) is 5.92. The van der Waals surface area contributed by atoms with Gasteiger partial charge in [0.2, 0.25) is 11.6 Å². The van der Waals surface area contributed by atoms with Crippen LogP contribution in [0.2, 0.25) is 0 Å². The summed E-state index contributed by atoms with van der Waals surface area (Å²) >= 11 is 0. The van der Waals surface area contributed by atoms with Crippen LogP contribution < -0.4 is 0 Å². The van der Waals surface area contributed by atoms with Crippen molar-refractivity contribution in [2.75, 3.05) is 35.0 Å². The Morgan fingerprint density at radius 3 is 2.07 bits per heavy atom. The number of rotatable bonds is 6. The maximum atomic E-state index is 14.0. The number of aliphatic hydroxyl groups is 1. The van der Waals surface area contributed by atoms with E-state index in [1.165, 1.54) is 35.2 Å². The van der Waals surface area contributed by atoms with Crippen molar-refractivity contribution >= 4 is 29.1 Å². The van der Waals surface area contributed by atoms with Gasteiger partial charge in [-0.15, -0.1) is 0 Å². The monoisotopic (exact) mass is 596 g/mol. The number of ether oxygens (including phenoxy) is 4. The molecular weight excluding hydrogens is 560 g/mol. The first-order chi connectivity index (χ1) is 20.4. The molecular formula is C31H36N2O10. The molecule has 0 aromatic heterocycles. The van der Waals surface area contributed by atoms with Crippen LogP contribution in [-0.2, 0) is 42.9 Å². The normalized spacial score (nSPS) is 31.8. The van der Waals surface area contributed by atoms with E-state index in [-0.39, 0.29) is 58.0 Å². The Labute approximate surface area is 249 Å². The number of nitrogens with zero attached hydrogens (tertiary/aromatic N) is 2. The van der Waals surface area contributed by atoms with Crippen LogP contribution in [0.1, 0.15) is 34.1 Å². The number of piperazine rings is 1. The predicted octanol–water partition coefficient (Wildman–Crippen LogP) is 0.706. The number of esters is 1. The third kappa shape index (κ3) is 4.22. The number of hydrogen-bond donors (Lipinski definition) is 1. The molecule has 43 heavy (non-hydrogen) atoms. The minimum Gasteiger partial charge on any atom is -0.492 e. The number of Topliss-reactive ketones (excluding diaryl/α,β-unsaturated/α-hetero) is 4. The molecule has 0 aromatic rings. The highest BCUT2D eigenvalue weighted by atomic mass is 16.5. The number of ketones is 4. The largest absolute Gasteiger partial charge is 0.492 e. The van der Waals surface area contributed by atoms with Crippen LogP contribution >= 0.6 is 0 Å². The van der Waals surface area contributed by atoms with Crippen LogP contribution in [0, 0.1) is 0 Å². The zero-order valence-corrected chi connectivity index (χ0v) is 25.5. The fourth-order valence-corrected chi connectivity index (χ4v) is 7.29. The first-order valence-electron chi connectivity index (χ1n) is 14.0. The summed E-state index contributed by atoms with van der Waals surface area (Å²) in [5.41, 5.74) is 1.18. The van der Waals surface area contributed by atoms with Gasteiger partial charge >= 0.3 is 5.97 Å².